The third-order valence-corrected chi connectivity index (χ3v) is 4.63. The number of carbonyl (C=O) groups is 1. The van der Waals surface area contributed by atoms with Crippen LogP contribution < -0.4 is 4.74 Å². The van der Waals surface area contributed by atoms with Crippen molar-refractivity contribution >= 4 is 34.8 Å². The normalized spacial score (nSPS) is 19.3. The van der Waals surface area contributed by atoms with E-state index in [0.29, 0.717) is 5.02 Å². The van der Waals surface area contributed by atoms with Crippen LogP contribution in [-0.2, 0) is 4.79 Å². The van der Waals surface area contributed by atoms with Crippen molar-refractivity contribution in [3.05, 3.63) is 63.9 Å². The molecule has 1 aliphatic rings. The van der Waals surface area contributed by atoms with Gasteiger partial charge in [-0.25, -0.2) is 4.39 Å². The molecule has 2 aromatic carbocycles. The van der Waals surface area contributed by atoms with Crippen molar-refractivity contribution in [3.8, 4) is 5.75 Å². The number of ether oxygens (including phenoxy) is 1. The number of benzene rings is 2. The van der Waals surface area contributed by atoms with Gasteiger partial charge in [-0.1, -0.05) is 35.3 Å². The van der Waals surface area contributed by atoms with Gasteiger partial charge >= 0.3 is 6.18 Å². The SMILES string of the molecule is O=C(COc1ccc(Cl)cc1Cl)N1N=C(c2ccc(F)cc2)C[C@]1(O)C(F)(F)F. The minimum Gasteiger partial charge on any atom is -0.482 e. The predicted octanol–water partition coefficient (Wildman–Crippen LogP) is 4.40. The van der Waals surface area contributed by atoms with Gasteiger partial charge in [0, 0.05) is 5.02 Å². The Morgan fingerprint density at radius 1 is 1.21 bits per heavy atom. The zero-order valence-corrected chi connectivity index (χ0v) is 15.9. The highest BCUT2D eigenvalue weighted by molar-refractivity contribution is 6.35. The number of nitrogens with zero attached hydrogens (tertiary/aromatic N) is 2. The summed E-state index contributed by atoms with van der Waals surface area (Å²) in [6, 6.07) is 8.54. The van der Waals surface area contributed by atoms with Gasteiger partial charge in [-0.15, -0.1) is 0 Å². The van der Waals surface area contributed by atoms with Crippen molar-refractivity contribution in [1.82, 2.24) is 5.01 Å². The van der Waals surface area contributed by atoms with Crippen LogP contribution >= 0.6 is 23.2 Å². The molecule has 0 radical (unpaired) electrons. The van der Waals surface area contributed by atoms with Crippen molar-refractivity contribution in [2.75, 3.05) is 6.61 Å². The molecule has 1 N–H and O–H groups in total. The summed E-state index contributed by atoms with van der Waals surface area (Å²) in [5, 5.41) is 14.1. The van der Waals surface area contributed by atoms with Crippen LogP contribution in [0, 0.1) is 5.82 Å². The molecular weight excluding hydrogens is 439 g/mol. The Labute approximate surface area is 172 Å². The predicted molar refractivity (Wildman–Crippen MR) is 97.4 cm³/mol. The Kier molecular flexibility index (Phi) is 5.75. The standard InChI is InChI=1S/C18H12Cl2F4N2O3/c19-11-3-6-15(13(20)7-11)29-9-16(27)26-17(28,18(22,23)24)8-14(25-26)10-1-4-12(21)5-2-10/h1-7,28H,8-9H2/t17-/m0/s1. The molecule has 1 atom stereocenters. The number of hydrogen-bond acceptors (Lipinski definition) is 4. The van der Waals surface area contributed by atoms with E-state index in [4.69, 9.17) is 27.9 Å². The summed E-state index contributed by atoms with van der Waals surface area (Å²) < 4.78 is 58.8. The lowest BCUT2D eigenvalue weighted by Crippen LogP contribution is -2.57. The second-order valence-corrected chi connectivity index (χ2v) is 6.96. The lowest BCUT2D eigenvalue weighted by molar-refractivity contribution is -0.302. The van der Waals surface area contributed by atoms with E-state index in [1.807, 2.05) is 0 Å². The second kappa shape index (κ2) is 7.81. The number of carbonyl (C=O) groups excluding carboxylic acids is 1. The van der Waals surface area contributed by atoms with E-state index in [-0.39, 0.29) is 27.1 Å². The van der Waals surface area contributed by atoms with Gasteiger partial charge in [-0.2, -0.15) is 23.3 Å². The fraction of sp³-hybridized carbons (Fsp3) is 0.222. The lowest BCUT2D eigenvalue weighted by atomic mass is 10.0. The van der Waals surface area contributed by atoms with Crippen LogP contribution in [0.2, 0.25) is 10.0 Å². The van der Waals surface area contributed by atoms with E-state index < -0.39 is 36.7 Å². The first-order valence-corrected chi connectivity index (χ1v) is 8.80. The Morgan fingerprint density at radius 2 is 1.86 bits per heavy atom. The summed E-state index contributed by atoms with van der Waals surface area (Å²) in [5.41, 5.74) is -3.67. The summed E-state index contributed by atoms with van der Waals surface area (Å²) in [6.45, 7) is -0.875. The molecule has 1 amide bonds. The molecular formula is C18H12Cl2F4N2O3. The van der Waals surface area contributed by atoms with Crippen LogP contribution in [0.25, 0.3) is 0 Å². The monoisotopic (exact) mass is 450 g/mol. The van der Waals surface area contributed by atoms with Crippen LogP contribution in [0.4, 0.5) is 17.6 Å². The quantitative estimate of drug-likeness (QED) is 0.702. The summed E-state index contributed by atoms with van der Waals surface area (Å²) in [4.78, 5) is 12.4. The number of hydrazone groups is 1. The molecule has 154 valence electrons. The molecule has 0 spiro atoms. The molecule has 0 bridgehead atoms. The van der Waals surface area contributed by atoms with Gasteiger partial charge in [0.15, 0.2) is 6.61 Å². The number of alkyl halides is 3. The summed E-state index contributed by atoms with van der Waals surface area (Å²) in [7, 11) is 0. The van der Waals surface area contributed by atoms with E-state index in [9.17, 15) is 27.5 Å². The first-order chi connectivity index (χ1) is 13.5. The highest BCUT2D eigenvalue weighted by atomic mass is 35.5. The topological polar surface area (TPSA) is 62.1 Å². The smallest absolute Gasteiger partial charge is 0.438 e. The molecule has 1 heterocycles. The lowest BCUT2D eigenvalue weighted by Gasteiger charge is -2.32. The fourth-order valence-corrected chi connectivity index (χ4v) is 3.09. The molecule has 0 aliphatic carbocycles. The van der Waals surface area contributed by atoms with E-state index in [0.717, 1.165) is 12.1 Å². The molecule has 1 aliphatic heterocycles. The first kappa shape index (κ1) is 21.4. The van der Waals surface area contributed by atoms with Gasteiger partial charge in [0.25, 0.3) is 11.6 Å². The molecule has 0 fully saturated rings. The average Bonchev–Trinajstić information content (AvgIpc) is 3.00. The van der Waals surface area contributed by atoms with E-state index in [1.54, 1.807) is 0 Å². The summed E-state index contributed by atoms with van der Waals surface area (Å²) in [5.74, 6) is -1.84. The number of amides is 1. The average molecular weight is 451 g/mol. The molecule has 3 rings (SSSR count). The van der Waals surface area contributed by atoms with Gasteiger partial charge in [0.05, 0.1) is 17.2 Å². The summed E-state index contributed by atoms with van der Waals surface area (Å²) in [6.07, 6.45) is -6.22. The van der Waals surface area contributed by atoms with Gasteiger partial charge in [0.1, 0.15) is 11.6 Å². The maximum atomic E-state index is 13.5. The van der Waals surface area contributed by atoms with Crippen LogP contribution in [0.1, 0.15) is 12.0 Å². The van der Waals surface area contributed by atoms with Gasteiger partial charge in [0.2, 0.25) is 0 Å². The zero-order valence-electron chi connectivity index (χ0n) is 14.4. The van der Waals surface area contributed by atoms with Crippen LogP contribution in [0.15, 0.2) is 47.6 Å². The third kappa shape index (κ3) is 4.31. The minimum atomic E-state index is -5.20. The van der Waals surface area contributed by atoms with E-state index >= 15 is 0 Å². The van der Waals surface area contributed by atoms with Gasteiger partial charge < -0.3 is 9.84 Å². The molecule has 11 heteroatoms. The Balaban J connectivity index is 1.85. The molecule has 0 aromatic heterocycles. The highest BCUT2D eigenvalue weighted by Crippen LogP contribution is 2.41. The van der Waals surface area contributed by atoms with Gasteiger partial charge in [-0.05, 0) is 35.9 Å². The largest absolute Gasteiger partial charge is 0.482 e. The molecule has 0 unspecified atom stereocenters. The first-order valence-electron chi connectivity index (χ1n) is 8.05. The van der Waals surface area contributed by atoms with Crippen molar-refractivity contribution in [3.63, 3.8) is 0 Å². The number of aliphatic hydroxyl groups is 1. The van der Waals surface area contributed by atoms with Crippen molar-refractivity contribution in [1.29, 1.82) is 0 Å². The maximum absolute atomic E-state index is 13.5. The van der Waals surface area contributed by atoms with Gasteiger partial charge in [-0.3, -0.25) is 4.79 Å². The molecule has 5 nitrogen and oxygen atoms in total. The van der Waals surface area contributed by atoms with Crippen molar-refractivity contribution in [2.45, 2.75) is 18.3 Å². The van der Waals surface area contributed by atoms with Crippen LogP contribution in [0.5, 0.6) is 5.75 Å². The van der Waals surface area contributed by atoms with Crippen molar-refractivity contribution in [2.24, 2.45) is 5.10 Å². The number of halogens is 6. The molecule has 0 saturated carbocycles. The molecule has 29 heavy (non-hydrogen) atoms. The molecule has 2 aromatic rings. The third-order valence-electron chi connectivity index (χ3n) is 4.10. The Bertz CT molecular complexity index is 967. The maximum Gasteiger partial charge on any atom is 0.438 e. The fourth-order valence-electron chi connectivity index (χ4n) is 2.62. The highest BCUT2D eigenvalue weighted by Gasteiger charge is 2.63. The Morgan fingerprint density at radius 3 is 2.45 bits per heavy atom. The van der Waals surface area contributed by atoms with E-state index in [2.05, 4.69) is 5.10 Å². The molecule has 0 saturated heterocycles. The van der Waals surface area contributed by atoms with Crippen molar-refractivity contribution < 1.29 is 32.2 Å². The second-order valence-electron chi connectivity index (χ2n) is 6.11. The number of rotatable bonds is 4. The number of hydrogen-bond donors (Lipinski definition) is 1. The zero-order chi connectivity index (χ0) is 21.4. The minimum absolute atomic E-state index is 0.0156. The van der Waals surface area contributed by atoms with E-state index in [1.165, 1.54) is 30.3 Å². The summed E-state index contributed by atoms with van der Waals surface area (Å²) >= 11 is 11.6. The van der Waals surface area contributed by atoms with Crippen LogP contribution in [-0.4, -0.2) is 40.2 Å². The van der Waals surface area contributed by atoms with Crippen LogP contribution in [0.3, 0.4) is 0 Å². The Hall–Kier alpha value is -2.36.